The summed E-state index contributed by atoms with van der Waals surface area (Å²) in [6, 6.07) is 6.62. The Morgan fingerprint density at radius 2 is 1.87 bits per heavy atom. The van der Waals surface area contributed by atoms with Crippen LogP contribution in [-0.2, 0) is 14.3 Å². The van der Waals surface area contributed by atoms with Crippen molar-refractivity contribution in [2.24, 2.45) is 5.73 Å². The van der Waals surface area contributed by atoms with Crippen molar-refractivity contribution in [3.05, 3.63) is 35.0 Å². The lowest BCUT2D eigenvalue weighted by Gasteiger charge is -2.34. The number of hydrogen-bond acceptors (Lipinski definition) is 6. The second-order valence-electron chi connectivity index (χ2n) is 9.01. The predicted octanol–water partition coefficient (Wildman–Crippen LogP) is 2.42. The van der Waals surface area contributed by atoms with Crippen LogP contribution >= 0.6 is 11.6 Å². The van der Waals surface area contributed by atoms with Crippen LogP contribution in [0.3, 0.4) is 0 Å². The molecule has 1 fully saturated rings. The number of nitrogens with two attached hydrogens (primary N) is 1. The highest BCUT2D eigenvalue weighted by Gasteiger charge is 2.48. The minimum atomic E-state index is -2.20. The van der Waals surface area contributed by atoms with Crippen molar-refractivity contribution >= 4 is 40.2 Å². The second kappa shape index (κ2) is 8.61. The van der Waals surface area contributed by atoms with Gasteiger partial charge in [-0.3, -0.25) is 9.59 Å². The van der Waals surface area contributed by atoms with Crippen LogP contribution in [0.1, 0.15) is 50.5 Å². The van der Waals surface area contributed by atoms with Gasteiger partial charge in [-0.05, 0) is 57.9 Å². The third-order valence-corrected chi connectivity index (χ3v) is 5.48. The first-order valence-electron chi connectivity index (χ1n) is 10.2. The van der Waals surface area contributed by atoms with Gasteiger partial charge in [0, 0.05) is 29.0 Å². The molecular weight excluding hydrogens is 422 g/mol. The summed E-state index contributed by atoms with van der Waals surface area (Å²) in [6.45, 7) is 5.66. The van der Waals surface area contributed by atoms with Gasteiger partial charge in [-0.15, -0.1) is 0 Å². The summed E-state index contributed by atoms with van der Waals surface area (Å²) >= 11 is 6.02. The van der Waals surface area contributed by atoms with Crippen molar-refractivity contribution in [2.75, 3.05) is 13.1 Å². The summed E-state index contributed by atoms with van der Waals surface area (Å²) in [4.78, 5) is 43.8. The fourth-order valence-corrected chi connectivity index (χ4v) is 3.73. The number of ether oxygens (including phenoxy) is 1. The van der Waals surface area contributed by atoms with Gasteiger partial charge in [0.05, 0.1) is 18.2 Å². The molecule has 31 heavy (non-hydrogen) atoms. The van der Waals surface area contributed by atoms with Gasteiger partial charge in [-0.1, -0.05) is 11.6 Å². The number of aliphatic hydroxyl groups is 1. The fraction of sp³-hybridized carbons (Fsp3) is 0.500. The molecule has 1 aliphatic rings. The number of H-pyrrole nitrogens is 1. The van der Waals surface area contributed by atoms with E-state index in [1.165, 1.54) is 4.90 Å². The molecule has 0 saturated carbocycles. The van der Waals surface area contributed by atoms with Gasteiger partial charge < -0.3 is 25.5 Å². The molecule has 1 aliphatic heterocycles. The SMILES string of the molecule is CC(C)(C)OC(=O)C(N)(CC(=O)N1CCC(O)CC1)C(=O)c1cc2cc(Cl)ccc2[nH]1. The average molecular weight is 450 g/mol. The van der Waals surface area contributed by atoms with E-state index in [1.54, 1.807) is 45.0 Å². The molecule has 0 bridgehead atoms. The first-order valence-corrected chi connectivity index (χ1v) is 10.6. The van der Waals surface area contributed by atoms with Crippen LogP contribution in [0.4, 0.5) is 0 Å². The molecule has 8 nitrogen and oxygen atoms in total. The maximum atomic E-state index is 13.4. The van der Waals surface area contributed by atoms with Gasteiger partial charge in [-0.25, -0.2) is 4.79 Å². The molecule has 1 unspecified atom stereocenters. The molecule has 1 atom stereocenters. The van der Waals surface area contributed by atoms with Crippen molar-refractivity contribution in [1.82, 2.24) is 9.88 Å². The molecule has 0 aliphatic carbocycles. The van der Waals surface area contributed by atoms with Crippen LogP contribution < -0.4 is 5.73 Å². The number of esters is 1. The molecule has 1 aromatic heterocycles. The lowest BCUT2D eigenvalue weighted by Crippen LogP contribution is -2.60. The second-order valence-corrected chi connectivity index (χ2v) is 9.44. The van der Waals surface area contributed by atoms with Gasteiger partial charge in [0.25, 0.3) is 0 Å². The Balaban J connectivity index is 1.92. The number of aromatic nitrogens is 1. The third-order valence-electron chi connectivity index (χ3n) is 5.24. The van der Waals surface area contributed by atoms with Crippen molar-refractivity contribution in [2.45, 2.75) is 57.3 Å². The summed E-state index contributed by atoms with van der Waals surface area (Å²) in [7, 11) is 0. The highest BCUT2D eigenvalue weighted by atomic mass is 35.5. The molecule has 1 saturated heterocycles. The summed E-state index contributed by atoms with van der Waals surface area (Å²) in [5.41, 5.74) is 3.99. The number of carbonyl (C=O) groups is 3. The Morgan fingerprint density at radius 1 is 1.23 bits per heavy atom. The smallest absolute Gasteiger partial charge is 0.335 e. The number of Topliss-reactive ketones (excluding diaryl/α,β-unsaturated/α-hetero) is 1. The quantitative estimate of drug-likeness (QED) is 0.365. The van der Waals surface area contributed by atoms with Crippen LogP contribution in [0, 0.1) is 0 Å². The zero-order valence-corrected chi connectivity index (χ0v) is 18.7. The summed E-state index contributed by atoms with van der Waals surface area (Å²) in [5.74, 6) is -2.14. The van der Waals surface area contributed by atoms with Gasteiger partial charge in [0.1, 0.15) is 5.60 Å². The van der Waals surface area contributed by atoms with E-state index in [0.717, 1.165) is 0 Å². The van der Waals surface area contributed by atoms with E-state index in [4.69, 9.17) is 22.1 Å². The van der Waals surface area contributed by atoms with Crippen molar-refractivity contribution in [3.63, 3.8) is 0 Å². The van der Waals surface area contributed by atoms with Gasteiger partial charge >= 0.3 is 5.97 Å². The van der Waals surface area contributed by atoms with Crippen LogP contribution in [0.2, 0.25) is 5.02 Å². The van der Waals surface area contributed by atoms with Crippen LogP contribution in [-0.4, -0.2) is 63.0 Å². The molecular formula is C22H28ClN3O5. The van der Waals surface area contributed by atoms with Gasteiger partial charge in [0.15, 0.2) is 5.54 Å². The normalized spacial score (nSPS) is 17.4. The molecule has 1 amide bonds. The zero-order chi connectivity index (χ0) is 23.0. The van der Waals surface area contributed by atoms with Crippen LogP contribution in [0.5, 0.6) is 0 Å². The average Bonchev–Trinajstić information content (AvgIpc) is 3.09. The number of likely N-dealkylation sites (tertiary alicyclic amines) is 1. The highest BCUT2D eigenvalue weighted by Crippen LogP contribution is 2.26. The van der Waals surface area contributed by atoms with E-state index in [-0.39, 0.29) is 5.69 Å². The van der Waals surface area contributed by atoms with E-state index in [2.05, 4.69) is 4.98 Å². The summed E-state index contributed by atoms with van der Waals surface area (Å²) in [5, 5.41) is 10.9. The summed E-state index contributed by atoms with van der Waals surface area (Å²) < 4.78 is 5.41. The van der Waals surface area contributed by atoms with Crippen molar-refractivity contribution in [3.8, 4) is 0 Å². The number of fused-ring (bicyclic) bond motifs is 1. The van der Waals surface area contributed by atoms with E-state index in [0.29, 0.717) is 41.9 Å². The number of benzene rings is 1. The number of ketones is 1. The minimum Gasteiger partial charge on any atom is -0.458 e. The molecule has 168 valence electrons. The standard InChI is InChI=1S/C22H28ClN3O5/c1-21(2,3)31-20(30)22(24,12-18(28)26-8-6-15(27)7-9-26)19(29)17-11-13-10-14(23)4-5-16(13)25-17/h4-5,10-11,15,25,27H,6-9,12,24H2,1-3H3. The lowest BCUT2D eigenvalue weighted by atomic mass is 9.88. The van der Waals surface area contributed by atoms with Crippen LogP contribution in [0.15, 0.2) is 24.3 Å². The third kappa shape index (κ3) is 5.26. The van der Waals surface area contributed by atoms with Gasteiger partial charge in [-0.2, -0.15) is 0 Å². The first-order chi connectivity index (χ1) is 14.4. The maximum Gasteiger partial charge on any atom is 0.335 e. The number of aromatic amines is 1. The van der Waals surface area contributed by atoms with E-state index in [1.807, 2.05) is 0 Å². The van der Waals surface area contributed by atoms with E-state index >= 15 is 0 Å². The number of aliphatic hydroxyl groups excluding tert-OH is 1. The van der Waals surface area contributed by atoms with Crippen molar-refractivity contribution < 1.29 is 24.2 Å². The zero-order valence-electron chi connectivity index (χ0n) is 17.9. The fourth-order valence-electron chi connectivity index (χ4n) is 3.55. The molecule has 1 aromatic carbocycles. The minimum absolute atomic E-state index is 0.0903. The molecule has 3 rings (SSSR count). The Morgan fingerprint density at radius 3 is 2.48 bits per heavy atom. The summed E-state index contributed by atoms with van der Waals surface area (Å²) in [6.07, 6.45) is -0.122. The Bertz CT molecular complexity index is 1000. The maximum absolute atomic E-state index is 13.4. The number of halogens is 1. The molecule has 9 heteroatoms. The number of amides is 1. The topological polar surface area (TPSA) is 126 Å². The number of rotatable bonds is 5. The van der Waals surface area contributed by atoms with Crippen LogP contribution in [0.25, 0.3) is 10.9 Å². The number of carbonyl (C=O) groups excluding carboxylic acids is 3. The lowest BCUT2D eigenvalue weighted by molar-refractivity contribution is -0.161. The molecule has 0 radical (unpaired) electrons. The number of hydrogen-bond donors (Lipinski definition) is 3. The molecule has 2 aromatic rings. The first kappa shape index (κ1) is 23.2. The largest absolute Gasteiger partial charge is 0.458 e. The number of nitrogens with one attached hydrogen (secondary N) is 1. The molecule has 4 N–H and O–H groups in total. The monoisotopic (exact) mass is 449 g/mol. The number of nitrogens with zero attached hydrogens (tertiary/aromatic N) is 1. The van der Waals surface area contributed by atoms with E-state index < -0.39 is 41.3 Å². The number of piperidine rings is 1. The Kier molecular flexibility index (Phi) is 6.45. The van der Waals surface area contributed by atoms with Crippen molar-refractivity contribution in [1.29, 1.82) is 0 Å². The highest BCUT2D eigenvalue weighted by molar-refractivity contribution is 6.31. The molecule has 0 spiro atoms. The molecule has 2 heterocycles. The Hall–Kier alpha value is -2.42. The predicted molar refractivity (Wildman–Crippen MR) is 117 cm³/mol. The Labute approximate surface area is 185 Å². The van der Waals surface area contributed by atoms with Gasteiger partial charge in [0.2, 0.25) is 11.7 Å². The van der Waals surface area contributed by atoms with E-state index in [9.17, 15) is 19.5 Å².